The van der Waals surface area contributed by atoms with E-state index in [2.05, 4.69) is 47.2 Å². The van der Waals surface area contributed by atoms with Gasteiger partial charge in [0.15, 0.2) is 0 Å². The third-order valence-corrected chi connectivity index (χ3v) is 6.33. The van der Waals surface area contributed by atoms with Gasteiger partial charge in [0.25, 0.3) is 0 Å². The first-order chi connectivity index (χ1) is 17.1. The maximum Gasteiger partial charge on any atom is 0.329 e. The molecule has 0 fully saturated rings. The van der Waals surface area contributed by atoms with E-state index in [0.717, 1.165) is 11.3 Å². The SMILES string of the molecule is CC(C)(C)c1cc(Nc2nccc(-c3cc(C#N)c4c(c3)C(C)(CO)CN4[B]C=O)n2)n(CCO)n1. The molecule has 1 radical (unpaired) electrons. The Morgan fingerprint density at radius 2 is 2.08 bits per heavy atom. The lowest BCUT2D eigenvalue weighted by Crippen LogP contribution is -2.36. The van der Waals surface area contributed by atoms with Crippen LogP contribution in [0.4, 0.5) is 17.5 Å². The summed E-state index contributed by atoms with van der Waals surface area (Å²) in [5.41, 5.74) is 3.13. The van der Waals surface area contributed by atoms with Crippen LogP contribution in [0.1, 0.15) is 44.5 Å². The van der Waals surface area contributed by atoms with Gasteiger partial charge in [-0.25, -0.2) is 14.6 Å². The molecule has 2 aromatic heterocycles. The second-order valence-electron chi connectivity index (χ2n) is 10.2. The lowest BCUT2D eigenvalue weighted by atomic mass is 9.83. The van der Waals surface area contributed by atoms with Crippen LogP contribution in [0.25, 0.3) is 11.3 Å². The summed E-state index contributed by atoms with van der Waals surface area (Å²) in [5, 5.41) is 37.3. The molecule has 0 amide bonds. The lowest BCUT2D eigenvalue weighted by molar-refractivity contribution is 0.217. The number of nitrogens with one attached hydrogen (secondary N) is 1. The Balaban J connectivity index is 1.74. The molecule has 36 heavy (non-hydrogen) atoms. The van der Waals surface area contributed by atoms with Crippen molar-refractivity contribution in [3.8, 4) is 17.3 Å². The van der Waals surface area contributed by atoms with Gasteiger partial charge in [0.2, 0.25) is 5.95 Å². The zero-order chi connectivity index (χ0) is 26.1. The summed E-state index contributed by atoms with van der Waals surface area (Å²) in [6.45, 7) is 8.60. The Hall–Kier alpha value is -3.75. The highest BCUT2D eigenvalue weighted by atomic mass is 16.3. The van der Waals surface area contributed by atoms with Crippen LogP contribution in [-0.2, 0) is 22.2 Å². The van der Waals surface area contributed by atoms with E-state index in [0.29, 0.717) is 53.5 Å². The second-order valence-corrected chi connectivity index (χ2v) is 10.2. The number of hydrogen-bond donors (Lipinski definition) is 3. The number of aromatic nitrogens is 4. The first-order valence-corrected chi connectivity index (χ1v) is 11.7. The van der Waals surface area contributed by atoms with E-state index in [1.165, 1.54) is 7.41 Å². The maximum atomic E-state index is 11.2. The minimum Gasteiger partial charge on any atom is -0.410 e. The minimum absolute atomic E-state index is 0.0604. The molecule has 0 saturated heterocycles. The van der Waals surface area contributed by atoms with Crippen LogP contribution in [-0.4, -0.2) is 63.3 Å². The van der Waals surface area contributed by atoms with Crippen LogP contribution in [0.15, 0.2) is 30.5 Å². The molecule has 3 aromatic rings. The minimum atomic E-state index is -0.648. The third-order valence-electron chi connectivity index (χ3n) is 6.33. The fraction of sp³-hybridized carbons (Fsp3) is 0.400. The summed E-state index contributed by atoms with van der Waals surface area (Å²) < 4.78 is 1.69. The van der Waals surface area contributed by atoms with Crippen LogP contribution < -0.4 is 10.1 Å². The number of nitrogens with zero attached hydrogens (tertiary/aromatic N) is 6. The first kappa shape index (κ1) is 25.4. The highest BCUT2D eigenvalue weighted by Gasteiger charge is 2.40. The number of benzene rings is 1. The zero-order valence-electron chi connectivity index (χ0n) is 20.9. The summed E-state index contributed by atoms with van der Waals surface area (Å²) in [5.74, 6) is 0.998. The number of nitriles is 1. The highest BCUT2D eigenvalue weighted by Crippen LogP contribution is 2.44. The predicted octanol–water partition coefficient (Wildman–Crippen LogP) is 2.12. The van der Waals surface area contributed by atoms with Gasteiger partial charge < -0.3 is 25.1 Å². The molecule has 10 nitrogen and oxygen atoms in total. The molecule has 185 valence electrons. The van der Waals surface area contributed by atoms with Crippen molar-refractivity contribution >= 4 is 31.1 Å². The highest BCUT2D eigenvalue weighted by molar-refractivity contribution is 6.70. The molecule has 0 bridgehead atoms. The normalized spacial score (nSPS) is 17.0. The molecular formula is C25H29BN7O3. The largest absolute Gasteiger partial charge is 0.410 e. The topological polar surface area (TPSA) is 140 Å². The van der Waals surface area contributed by atoms with Gasteiger partial charge in [-0.3, -0.25) is 0 Å². The number of rotatable bonds is 8. The lowest BCUT2D eigenvalue weighted by Gasteiger charge is -2.23. The van der Waals surface area contributed by atoms with Gasteiger partial charge >= 0.3 is 7.41 Å². The second kappa shape index (κ2) is 9.72. The van der Waals surface area contributed by atoms with Crippen LogP contribution in [0.2, 0.25) is 0 Å². The zero-order valence-corrected chi connectivity index (χ0v) is 20.9. The van der Waals surface area contributed by atoms with Crippen molar-refractivity contribution in [3.05, 3.63) is 47.3 Å². The van der Waals surface area contributed by atoms with Crippen molar-refractivity contribution < 1.29 is 15.0 Å². The van der Waals surface area contributed by atoms with Crippen molar-refractivity contribution in [2.45, 2.75) is 45.1 Å². The molecule has 0 aliphatic carbocycles. The standard InChI is InChI=1S/C25H29BN7O3/c1-24(2,3)20-11-21(33(31-20)7-8-34)30-23-28-6-5-19(29-23)16-9-17(12-27)22-18(10-16)25(4,14-35)13-32(22)26-15-36/h5-6,9-11,15,34-35H,7-8,13-14H2,1-4H3,(H,28,29,30). The Bertz CT molecular complexity index is 1330. The van der Waals surface area contributed by atoms with Crippen LogP contribution in [0.5, 0.6) is 0 Å². The predicted molar refractivity (Wildman–Crippen MR) is 138 cm³/mol. The molecular weight excluding hydrogens is 457 g/mol. The number of aliphatic hydroxyl groups excluding tert-OH is 2. The van der Waals surface area contributed by atoms with E-state index < -0.39 is 5.41 Å². The Morgan fingerprint density at radius 3 is 2.72 bits per heavy atom. The number of fused-ring (bicyclic) bond motifs is 1. The fourth-order valence-electron chi connectivity index (χ4n) is 4.36. The van der Waals surface area contributed by atoms with E-state index in [1.807, 2.05) is 19.1 Å². The van der Waals surface area contributed by atoms with E-state index >= 15 is 0 Å². The molecule has 1 unspecified atom stereocenters. The number of aliphatic hydroxyl groups is 2. The average Bonchev–Trinajstić information content (AvgIpc) is 3.38. The van der Waals surface area contributed by atoms with Crippen molar-refractivity contribution in [3.63, 3.8) is 0 Å². The molecule has 4 rings (SSSR count). The van der Waals surface area contributed by atoms with Gasteiger partial charge in [0.1, 0.15) is 18.1 Å². The maximum absolute atomic E-state index is 11.2. The Kier molecular flexibility index (Phi) is 6.84. The van der Waals surface area contributed by atoms with Crippen molar-refractivity contribution in [1.29, 1.82) is 5.26 Å². The quantitative estimate of drug-likeness (QED) is 0.323. The number of carbonyl (C=O) groups excluding carboxylic acids is 1. The van der Waals surface area contributed by atoms with Crippen molar-refractivity contribution in [2.24, 2.45) is 0 Å². The van der Waals surface area contributed by atoms with Gasteiger partial charge in [0, 0.05) is 40.9 Å². The molecule has 3 N–H and O–H groups in total. The summed E-state index contributed by atoms with van der Waals surface area (Å²) in [6, 6.07) is 9.53. The monoisotopic (exact) mass is 486 g/mol. The molecule has 1 aliphatic heterocycles. The average molecular weight is 486 g/mol. The molecule has 1 aliphatic rings. The van der Waals surface area contributed by atoms with E-state index in [4.69, 9.17) is 0 Å². The molecule has 0 spiro atoms. The van der Waals surface area contributed by atoms with E-state index in [1.54, 1.807) is 27.8 Å². The van der Waals surface area contributed by atoms with Crippen LogP contribution in [0.3, 0.4) is 0 Å². The van der Waals surface area contributed by atoms with Gasteiger partial charge in [-0.1, -0.05) is 27.7 Å². The summed E-state index contributed by atoms with van der Waals surface area (Å²) in [6.07, 6.45) is 2.30. The fourth-order valence-corrected chi connectivity index (χ4v) is 4.36. The van der Waals surface area contributed by atoms with Gasteiger partial charge in [-0.05, 0) is 23.8 Å². The summed E-state index contributed by atoms with van der Waals surface area (Å²) >= 11 is 0. The van der Waals surface area contributed by atoms with E-state index in [-0.39, 0.29) is 18.6 Å². The van der Waals surface area contributed by atoms with Gasteiger partial charge in [-0.2, -0.15) is 10.4 Å². The molecule has 11 heteroatoms. The molecule has 1 atom stereocenters. The van der Waals surface area contributed by atoms with Gasteiger partial charge in [-0.15, -0.1) is 0 Å². The van der Waals surface area contributed by atoms with Crippen molar-refractivity contribution in [1.82, 2.24) is 19.7 Å². The molecule has 1 aromatic carbocycles. The number of hydrogen-bond acceptors (Lipinski definition) is 9. The number of anilines is 3. The van der Waals surface area contributed by atoms with Crippen LogP contribution >= 0.6 is 0 Å². The smallest absolute Gasteiger partial charge is 0.329 e. The van der Waals surface area contributed by atoms with E-state index in [9.17, 15) is 20.3 Å². The van der Waals surface area contributed by atoms with Crippen molar-refractivity contribution in [2.75, 3.05) is 29.9 Å². The Morgan fingerprint density at radius 1 is 1.31 bits per heavy atom. The van der Waals surface area contributed by atoms with Crippen LogP contribution in [0, 0.1) is 11.3 Å². The number of carbonyl (C=O) groups is 1. The molecule has 3 heterocycles. The Labute approximate surface area is 210 Å². The first-order valence-electron chi connectivity index (χ1n) is 11.7. The molecule has 0 saturated carbocycles. The summed E-state index contributed by atoms with van der Waals surface area (Å²) in [4.78, 5) is 21.9. The summed E-state index contributed by atoms with van der Waals surface area (Å²) in [7, 11) is 1.38. The third kappa shape index (κ3) is 4.70. The van der Waals surface area contributed by atoms with Gasteiger partial charge in [0.05, 0.1) is 36.7 Å².